The molecule has 90 valence electrons. The van der Waals surface area contributed by atoms with Crippen LogP contribution in [0.25, 0.3) is 0 Å². The van der Waals surface area contributed by atoms with Crippen LogP contribution in [0, 0.1) is 0 Å². The number of ether oxygens (including phenoxy) is 1. The van der Waals surface area contributed by atoms with Crippen molar-refractivity contribution in [2.24, 2.45) is 5.73 Å². The highest BCUT2D eigenvalue weighted by atomic mass is 16.5. The largest absolute Gasteiger partial charge is 0.496 e. The van der Waals surface area contributed by atoms with Crippen LogP contribution < -0.4 is 15.8 Å². The van der Waals surface area contributed by atoms with Crippen molar-refractivity contribution in [3.05, 3.63) is 29.3 Å². The van der Waals surface area contributed by atoms with Crippen LogP contribution in [0.5, 0.6) is 5.75 Å². The molecule has 1 atom stereocenters. The van der Waals surface area contributed by atoms with Gasteiger partial charge in [-0.3, -0.25) is 0 Å². The van der Waals surface area contributed by atoms with Gasteiger partial charge in [0.15, 0.2) is 0 Å². The second-order valence-corrected chi connectivity index (χ2v) is 3.93. The van der Waals surface area contributed by atoms with Crippen LogP contribution in [-0.2, 0) is 6.42 Å². The summed E-state index contributed by atoms with van der Waals surface area (Å²) < 4.78 is 5.35. The standard InChI is InChI=1S/C13H22N2O/c1-4-10-5-6-13(16-3)11(9-10)12(14)7-8-15-2/h5-6,9,12,15H,4,7-8,14H2,1-3H3. The van der Waals surface area contributed by atoms with Crippen molar-refractivity contribution in [3.63, 3.8) is 0 Å². The summed E-state index contributed by atoms with van der Waals surface area (Å²) in [7, 11) is 3.63. The molecule has 1 aromatic rings. The average molecular weight is 222 g/mol. The molecule has 0 saturated heterocycles. The molecule has 0 bridgehead atoms. The summed E-state index contributed by atoms with van der Waals surface area (Å²) in [6.45, 7) is 3.06. The number of hydrogen-bond donors (Lipinski definition) is 2. The first-order valence-corrected chi connectivity index (χ1v) is 5.79. The first-order chi connectivity index (χ1) is 7.72. The fourth-order valence-electron chi connectivity index (χ4n) is 1.75. The van der Waals surface area contributed by atoms with Crippen molar-refractivity contribution in [3.8, 4) is 5.75 Å². The molecule has 0 saturated carbocycles. The summed E-state index contributed by atoms with van der Waals surface area (Å²) >= 11 is 0. The second kappa shape index (κ2) is 6.51. The first kappa shape index (κ1) is 13.0. The molecule has 0 aliphatic heterocycles. The summed E-state index contributed by atoms with van der Waals surface area (Å²) in [5, 5.41) is 3.11. The van der Waals surface area contributed by atoms with Gasteiger partial charge >= 0.3 is 0 Å². The first-order valence-electron chi connectivity index (χ1n) is 5.79. The van der Waals surface area contributed by atoms with E-state index in [0.717, 1.165) is 30.7 Å². The number of methoxy groups -OCH3 is 1. The molecule has 1 rings (SSSR count). The number of nitrogens with one attached hydrogen (secondary N) is 1. The molecule has 0 aromatic heterocycles. The van der Waals surface area contributed by atoms with Gasteiger partial charge in [-0.2, -0.15) is 0 Å². The Hall–Kier alpha value is -1.06. The van der Waals surface area contributed by atoms with Gasteiger partial charge in [-0.05, 0) is 38.1 Å². The number of benzene rings is 1. The van der Waals surface area contributed by atoms with Crippen LogP contribution in [0.15, 0.2) is 18.2 Å². The third-order valence-corrected chi connectivity index (χ3v) is 2.81. The minimum atomic E-state index is 0.0360. The lowest BCUT2D eigenvalue weighted by Crippen LogP contribution is -2.18. The summed E-state index contributed by atoms with van der Waals surface area (Å²) in [6, 6.07) is 6.29. The van der Waals surface area contributed by atoms with E-state index in [1.54, 1.807) is 7.11 Å². The summed E-state index contributed by atoms with van der Waals surface area (Å²) in [4.78, 5) is 0. The van der Waals surface area contributed by atoms with E-state index in [0.29, 0.717) is 0 Å². The van der Waals surface area contributed by atoms with Gasteiger partial charge in [-0.15, -0.1) is 0 Å². The van der Waals surface area contributed by atoms with Gasteiger partial charge < -0.3 is 15.8 Å². The predicted octanol–water partition coefficient (Wildman–Crippen LogP) is 1.87. The van der Waals surface area contributed by atoms with Gasteiger partial charge in [0.25, 0.3) is 0 Å². The van der Waals surface area contributed by atoms with E-state index < -0.39 is 0 Å². The lowest BCUT2D eigenvalue weighted by Gasteiger charge is -2.16. The number of hydrogen-bond acceptors (Lipinski definition) is 3. The average Bonchev–Trinajstić information content (AvgIpc) is 2.35. The Bertz CT molecular complexity index is 326. The smallest absolute Gasteiger partial charge is 0.123 e. The van der Waals surface area contributed by atoms with Crippen molar-refractivity contribution in [2.45, 2.75) is 25.8 Å². The lowest BCUT2D eigenvalue weighted by molar-refractivity contribution is 0.403. The Kier molecular flexibility index (Phi) is 5.29. The van der Waals surface area contributed by atoms with Crippen LogP contribution in [-0.4, -0.2) is 20.7 Å². The molecule has 1 unspecified atom stereocenters. The molecule has 0 aliphatic carbocycles. The molecule has 3 nitrogen and oxygen atoms in total. The molecule has 1 aromatic carbocycles. The van der Waals surface area contributed by atoms with Gasteiger partial charge in [0.2, 0.25) is 0 Å². The van der Waals surface area contributed by atoms with E-state index in [9.17, 15) is 0 Å². The zero-order valence-electron chi connectivity index (χ0n) is 10.4. The number of aryl methyl sites for hydroxylation is 1. The van der Waals surface area contributed by atoms with Gasteiger partial charge in [-0.1, -0.05) is 19.1 Å². The highest BCUT2D eigenvalue weighted by Crippen LogP contribution is 2.26. The van der Waals surface area contributed by atoms with Crippen molar-refractivity contribution in [1.82, 2.24) is 5.32 Å². The number of nitrogens with two attached hydrogens (primary N) is 1. The molecule has 0 aliphatic rings. The fraction of sp³-hybridized carbons (Fsp3) is 0.538. The van der Waals surface area contributed by atoms with Gasteiger partial charge in [0.1, 0.15) is 5.75 Å². The highest BCUT2D eigenvalue weighted by Gasteiger charge is 2.11. The van der Waals surface area contributed by atoms with E-state index in [1.807, 2.05) is 13.1 Å². The molecule has 0 amide bonds. The SMILES string of the molecule is CCc1ccc(OC)c(C(N)CCNC)c1. The topological polar surface area (TPSA) is 47.3 Å². The third kappa shape index (κ3) is 3.22. The van der Waals surface area contributed by atoms with E-state index in [1.165, 1.54) is 5.56 Å². The van der Waals surface area contributed by atoms with E-state index in [2.05, 4.69) is 24.4 Å². The summed E-state index contributed by atoms with van der Waals surface area (Å²) in [5.74, 6) is 0.890. The van der Waals surface area contributed by atoms with Crippen LogP contribution in [0.4, 0.5) is 0 Å². The molecule has 0 heterocycles. The lowest BCUT2D eigenvalue weighted by atomic mass is 10.00. The van der Waals surface area contributed by atoms with Gasteiger partial charge in [0, 0.05) is 11.6 Å². The molecular formula is C13H22N2O. The van der Waals surface area contributed by atoms with Crippen molar-refractivity contribution in [2.75, 3.05) is 20.7 Å². The van der Waals surface area contributed by atoms with Crippen LogP contribution >= 0.6 is 0 Å². The van der Waals surface area contributed by atoms with E-state index in [-0.39, 0.29) is 6.04 Å². The Balaban J connectivity index is 2.89. The quantitative estimate of drug-likeness (QED) is 0.772. The maximum Gasteiger partial charge on any atom is 0.123 e. The van der Waals surface area contributed by atoms with Crippen LogP contribution in [0.3, 0.4) is 0 Å². The van der Waals surface area contributed by atoms with Crippen molar-refractivity contribution < 1.29 is 4.74 Å². The fourth-order valence-corrected chi connectivity index (χ4v) is 1.75. The zero-order valence-corrected chi connectivity index (χ0v) is 10.4. The van der Waals surface area contributed by atoms with Crippen LogP contribution in [0.2, 0.25) is 0 Å². The Morgan fingerprint density at radius 3 is 2.75 bits per heavy atom. The van der Waals surface area contributed by atoms with Crippen molar-refractivity contribution in [1.29, 1.82) is 0 Å². The maximum atomic E-state index is 6.16. The molecule has 3 heteroatoms. The number of rotatable bonds is 6. The molecule has 3 N–H and O–H groups in total. The Morgan fingerprint density at radius 1 is 1.44 bits per heavy atom. The normalized spacial score (nSPS) is 12.5. The van der Waals surface area contributed by atoms with Crippen LogP contribution in [0.1, 0.15) is 30.5 Å². The van der Waals surface area contributed by atoms with E-state index >= 15 is 0 Å². The van der Waals surface area contributed by atoms with Gasteiger partial charge in [-0.25, -0.2) is 0 Å². The van der Waals surface area contributed by atoms with Crippen molar-refractivity contribution >= 4 is 0 Å². The molecule has 0 spiro atoms. The second-order valence-electron chi connectivity index (χ2n) is 3.93. The molecule has 16 heavy (non-hydrogen) atoms. The molecular weight excluding hydrogens is 200 g/mol. The highest BCUT2D eigenvalue weighted by molar-refractivity contribution is 5.39. The minimum Gasteiger partial charge on any atom is -0.496 e. The zero-order chi connectivity index (χ0) is 12.0. The van der Waals surface area contributed by atoms with E-state index in [4.69, 9.17) is 10.5 Å². The minimum absolute atomic E-state index is 0.0360. The predicted molar refractivity (Wildman–Crippen MR) is 67.8 cm³/mol. The summed E-state index contributed by atoms with van der Waals surface area (Å²) in [6.07, 6.45) is 1.94. The Labute approximate surface area is 98.0 Å². The van der Waals surface area contributed by atoms with Gasteiger partial charge in [0.05, 0.1) is 7.11 Å². The third-order valence-electron chi connectivity index (χ3n) is 2.81. The molecule has 0 fully saturated rings. The monoisotopic (exact) mass is 222 g/mol. The Morgan fingerprint density at radius 2 is 2.19 bits per heavy atom. The summed E-state index contributed by atoms with van der Waals surface area (Å²) in [5.41, 5.74) is 8.57. The maximum absolute atomic E-state index is 6.16. The molecule has 0 radical (unpaired) electrons.